The van der Waals surface area contributed by atoms with E-state index in [0.29, 0.717) is 6.42 Å². The van der Waals surface area contributed by atoms with Crippen LogP contribution in [-0.2, 0) is 0 Å². The summed E-state index contributed by atoms with van der Waals surface area (Å²) in [5.41, 5.74) is 1.10. The van der Waals surface area contributed by atoms with Crippen molar-refractivity contribution in [2.45, 2.75) is 19.3 Å². The van der Waals surface area contributed by atoms with E-state index in [1.54, 1.807) is 6.08 Å². The molecule has 0 aliphatic heterocycles. The molecule has 0 aromatic rings. The molecule has 0 rings (SSSR count). The molecule has 0 bridgehead atoms. The van der Waals surface area contributed by atoms with E-state index in [1.165, 1.54) is 0 Å². The van der Waals surface area contributed by atoms with Gasteiger partial charge in [-0.2, -0.15) is 0 Å². The molecule has 0 saturated carbocycles. The lowest BCUT2D eigenvalue weighted by atomic mass is 10.1. The lowest BCUT2D eigenvalue weighted by molar-refractivity contribution is 0.296. The maximum atomic E-state index is 8.55. The van der Waals surface area contributed by atoms with Crippen molar-refractivity contribution in [3.63, 3.8) is 0 Å². The van der Waals surface area contributed by atoms with Crippen molar-refractivity contribution >= 4 is 0 Å². The van der Waals surface area contributed by atoms with Crippen molar-refractivity contribution in [1.29, 1.82) is 0 Å². The third-order valence-electron chi connectivity index (χ3n) is 1.31. The molecule has 0 aromatic heterocycles. The van der Waals surface area contributed by atoms with Crippen molar-refractivity contribution in [3.05, 3.63) is 18.6 Å². The fraction of sp³-hybridized carbons (Fsp3) is 0.625. The summed E-state index contributed by atoms with van der Waals surface area (Å²) >= 11 is 0. The highest BCUT2D eigenvalue weighted by atomic mass is 16.3. The Kier molecular flexibility index (Phi) is 6.55. The van der Waals surface area contributed by atoms with Gasteiger partial charge in [0.15, 0.2) is 0 Å². The van der Waals surface area contributed by atoms with Gasteiger partial charge in [-0.3, -0.25) is 0 Å². The lowest BCUT2D eigenvalue weighted by Crippen LogP contribution is -1.90. The van der Waals surface area contributed by atoms with Crippen LogP contribution in [0.3, 0.4) is 0 Å². The Labute approximate surface area is 62.2 Å². The van der Waals surface area contributed by atoms with Crippen LogP contribution < -0.4 is 0 Å². The summed E-state index contributed by atoms with van der Waals surface area (Å²) in [6.07, 6.45) is 4.10. The van der Waals surface area contributed by atoms with Crippen LogP contribution in [0, 0.1) is 6.92 Å². The first-order valence-corrected chi connectivity index (χ1v) is 3.54. The Morgan fingerprint density at radius 1 is 1.30 bits per heavy atom. The minimum Gasteiger partial charge on any atom is -0.396 e. The van der Waals surface area contributed by atoms with Crippen LogP contribution >= 0.6 is 0 Å². The van der Waals surface area contributed by atoms with Gasteiger partial charge in [0, 0.05) is 6.61 Å². The number of rotatable bonds is 5. The molecule has 0 fully saturated rings. The summed E-state index contributed by atoms with van der Waals surface area (Å²) in [4.78, 5) is 0. The first-order chi connectivity index (χ1) is 4.85. The quantitative estimate of drug-likeness (QED) is 0.561. The molecule has 2 nitrogen and oxygen atoms in total. The number of hydrogen-bond acceptors (Lipinski definition) is 2. The fourth-order valence-corrected chi connectivity index (χ4v) is 0.829. The first kappa shape index (κ1) is 9.66. The highest BCUT2D eigenvalue weighted by molar-refractivity contribution is 5.01. The molecule has 0 aliphatic rings. The molecular formula is C8H15O2. The molecule has 2 N–H and O–H groups in total. The lowest BCUT2D eigenvalue weighted by Gasteiger charge is -2.01. The molecule has 0 saturated heterocycles. The van der Waals surface area contributed by atoms with Crippen molar-refractivity contribution in [2.75, 3.05) is 13.2 Å². The molecule has 0 heterocycles. The van der Waals surface area contributed by atoms with Crippen molar-refractivity contribution in [3.8, 4) is 0 Å². The van der Waals surface area contributed by atoms with Gasteiger partial charge in [-0.1, -0.05) is 18.6 Å². The fourth-order valence-electron chi connectivity index (χ4n) is 0.829. The zero-order valence-corrected chi connectivity index (χ0v) is 6.21. The summed E-state index contributed by atoms with van der Waals surface area (Å²) in [6.45, 7) is 3.91. The van der Waals surface area contributed by atoms with Gasteiger partial charge < -0.3 is 10.2 Å². The zero-order valence-electron chi connectivity index (χ0n) is 6.21. The SMILES string of the molecule is [CH2]CCC(=CCO)CCO. The number of aliphatic hydroxyl groups is 2. The van der Waals surface area contributed by atoms with E-state index in [1.807, 2.05) is 0 Å². The smallest absolute Gasteiger partial charge is 0.0615 e. The molecule has 59 valence electrons. The topological polar surface area (TPSA) is 40.5 Å². The van der Waals surface area contributed by atoms with Crippen LogP contribution in [0.5, 0.6) is 0 Å². The summed E-state index contributed by atoms with van der Waals surface area (Å²) in [6, 6.07) is 0. The highest BCUT2D eigenvalue weighted by Gasteiger charge is 1.92. The normalized spacial score (nSPS) is 12.1. The molecule has 0 spiro atoms. The Hall–Kier alpha value is -0.340. The van der Waals surface area contributed by atoms with Crippen LogP contribution in [0.15, 0.2) is 11.6 Å². The average Bonchev–Trinajstić information content (AvgIpc) is 1.90. The van der Waals surface area contributed by atoms with Crippen LogP contribution in [0.2, 0.25) is 0 Å². The van der Waals surface area contributed by atoms with Crippen LogP contribution in [0.1, 0.15) is 19.3 Å². The summed E-state index contributed by atoms with van der Waals surface area (Å²) in [5, 5.41) is 17.1. The van der Waals surface area contributed by atoms with Crippen molar-refractivity contribution < 1.29 is 10.2 Å². The molecule has 0 unspecified atom stereocenters. The number of hydrogen-bond donors (Lipinski definition) is 2. The molecule has 10 heavy (non-hydrogen) atoms. The third-order valence-corrected chi connectivity index (χ3v) is 1.31. The molecule has 2 heteroatoms. The van der Waals surface area contributed by atoms with E-state index in [0.717, 1.165) is 18.4 Å². The molecule has 0 aliphatic carbocycles. The van der Waals surface area contributed by atoms with E-state index >= 15 is 0 Å². The van der Waals surface area contributed by atoms with Crippen LogP contribution in [-0.4, -0.2) is 23.4 Å². The number of aliphatic hydroxyl groups excluding tert-OH is 2. The van der Waals surface area contributed by atoms with Gasteiger partial charge >= 0.3 is 0 Å². The van der Waals surface area contributed by atoms with Crippen molar-refractivity contribution in [1.82, 2.24) is 0 Å². The van der Waals surface area contributed by atoms with E-state index in [9.17, 15) is 0 Å². The maximum absolute atomic E-state index is 8.55. The van der Waals surface area contributed by atoms with Gasteiger partial charge in [0.25, 0.3) is 0 Å². The van der Waals surface area contributed by atoms with E-state index in [-0.39, 0.29) is 13.2 Å². The largest absolute Gasteiger partial charge is 0.396 e. The third kappa shape index (κ3) is 4.53. The standard InChI is InChI=1S/C8H15O2/c1-2-3-8(4-6-9)5-7-10/h4,9-10H,1-3,5-7H2. The molecule has 0 atom stereocenters. The first-order valence-electron chi connectivity index (χ1n) is 3.54. The Morgan fingerprint density at radius 3 is 2.40 bits per heavy atom. The van der Waals surface area contributed by atoms with Crippen LogP contribution in [0.25, 0.3) is 0 Å². The molecule has 1 radical (unpaired) electrons. The van der Waals surface area contributed by atoms with Gasteiger partial charge in [-0.05, 0) is 19.3 Å². The maximum Gasteiger partial charge on any atom is 0.0615 e. The van der Waals surface area contributed by atoms with E-state index in [4.69, 9.17) is 10.2 Å². The second kappa shape index (κ2) is 6.78. The average molecular weight is 143 g/mol. The Bertz CT molecular complexity index is 89.4. The van der Waals surface area contributed by atoms with Gasteiger partial charge in [-0.25, -0.2) is 0 Å². The predicted octanol–water partition coefficient (Wildman–Crippen LogP) is 0.902. The second-order valence-electron chi connectivity index (χ2n) is 2.12. The van der Waals surface area contributed by atoms with E-state index in [2.05, 4.69) is 6.92 Å². The van der Waals surface area contributed by atoms with Gasteiger partial charge in [0.05, 0.1) is 6.61 Å². The second-order valence-corrected chi connectivity index (χ2v) is 2.12. The van der Waals surface area contributed by atoms with Gasteiger partial charge in [0.1, 0.15) is 0 Å². The monoisotopic (exact) mass is 143 g/mol. The minimum atomic E-state index is 0.0648. The molecule has 0 amide bonds. The van der Waals surface area contributed by atoms with Crippen LogP contribution in [0.4, 0.5) is 0 Å². The van der Waals surface area contributed by atoms with Gasteiger partial charge in [-0.15, -0.1) is 0 Å². The Morgan fingerprint density at radius 2 is 2.00 bits per heavy atom. The van der Waals surface area contributed by atoms with Gasteiger partial charge in [0.2, 0.25) is 0 Å². The molecule has 0 aromatic carbocycles. The van der Waals surface area contributed by atoms with E-state index < -0.39 is 0 Å². The predicted molar refractivity (Wildman–Crippen MR) is 41.5 cm³/mol. The summed E-state index contributed by atoms with van der Waals surface area (Å²) in [7, 11) is 0. The summed E-state index contributed by atoms with van der Waals surface area (Å²) < 4.78 is 0. The Balaban J connectivity index is 3.60. The minimum absolute atomic E-state index is 0.0648. The zero-order chi connectivity index (χ0) is 7.82. The highest BCUT2D eigenvalue weighted by Crippen LogP contribution is 2.07. The van der Waals surface area contributed by atoms with Crippen molar-refractivity contribution in [2.24, 2.45) is 0 Å². The summed E-state index contributed by atoms with van der Waals surface area (Å²) in [5.74, 6) is 0. The molecular weight excluding hydrogens is 128 g/mol.